The quantitative estimate of drug-likeness (QED) is 0.450. The molecule has 5 heteroatoms. The van der Waals surface area contributed by atoms with E-state index in [1.165, 1.54) is 4.88 Å². The van der Waals surface area contributed by atoms with Crippen molar-refractivity contribution in [3.8, 4) is 22.3 Å². The van der Waals surface area contributed by atoms with Crippen molar-refractivity contribution in [2.75, 3.05) is 18.4 Å². The Hall–Kier alpha value is -3.07. The van der Waals surface area contributed by atoms with Crippen LogP contribution in [0.4, 0.5) is 5.69 Å². The average molecular weight is 444 g/mol. The highest BCUT2D eigenvalue weighted by Gasteiger charge is 2.19. The minimum atomic E-state index is -0.124. The van der Waals surface area contributed by atoms with E-state index in [4.69, 9.17) is 0 Å². The van der Waals surface area contributed by atoms with Gasteiger partial charge in [0.05, 0.1) is 12.1 Å². The molecule has 3 N–H and O–H groups in total. The van der Waals surface area contributed by atoms with Crippen LogP contribution in [-0.4, -0.2) is 25.0 Å². The predicted octanol–water partition coefficient (Wildman–Crippen LogP) is 5.36. The van der Waals surface area contributed by atoms with Crippen molar-refractivity contribution in [3.05, 3.63) is 76.2 Å². The van der Waals surface area contributed by atoms with Crippen molar-refractivity contribution >= 4 is 22.9 Å². The Bertz CT molecular complexity index is 1150. The second-order valence-electron chi connectivity index (χ2n) is 8.16. The summed E-state index contributed by atoms with van der Waals surface area (Å²) in [4.78, 5) is 14.3. The van der Waals surface area contributed by atoms with Crippen molar-refractivity contribution in [2.24, 2.45) is 0 Å². The molecule has 0 spiro atoms. The van der Waals surface area contributed by atoms with Crippen LogP contribution >= 0.6 is 11.3 Å². The summed E-state index contributed by atoms with van der Waals surface area (Å²) in [6.07, 6.45) is 0.822. The molecule has 2 aromatic carbocycles. The summed E-state index contributed by atoms with van der Waals surface area (Å²) in [5.74, 6) is 6.40. The fraction of sp³-hybridized carbons (Fsp3) is 0.296. The van der Waals surface area contributed by atoms with Gasteiger partial charge >= 0.3 is 0 Å². The molecule has 0 bridgehead atoms. The highest BCUT2D eigenvalue weighted by atomic mass is 32.1. The lowest BCUT2D eigenvalue weighted by Gasteiger charge is -2.29. The third-order valence-corrected chi connectivity index (χ3v) is 6.62. The summed E-state index contributed by atoms with van der Waals surface area (Å²) < 4.78 is 0. The van der Waals surface area contributed by atoms with E-state index in [1.807, 2.05) is 32.0 Å². The molecule has 4 nitrogen and oxygen atoms in total. The van der Waals surface area contributed by atoms with E-state index in [0.717, 1.165) is 47.5 Å². The molecule has 2 heterocycles. The molecule has 1 atom stereocenters. The zero-order valence-corrected chi connectivity index (χ0v) is 19.6. The number of carbonyl (C=O) groups is 1. The van der Waals surface area contributed by atoms with Crippen LogP contribution in [0.3, 0.4) is 0 Å². The van der Waals surface area contributed by atoms with Gasteiger partial charge in [-0.05, 0) is 60.7 Å². The number of hydrogen-bond donors (Lipinski definition) is 3. The molecule has 0 radical (unpaired) electrons. The molecular weight excluding hydrogens is 414 g/mol. The molecule has 3 aromatic rings. The molecule has 1 unspecified atom stereocenters. The number of nitrogens with one attached hydrogen (secondary N) is 3. The maximum atomic E-state index is 13.1. The Morgan fingerprint density at radius 3 is 2.75 bits per heavy atom. The maximum absolute atomic E-state index is 13.1. The molecule has 164 valence electrons. The van der Waals surface area contributed by atoms with Crippen LogP contribution in [0.25, 0.3) is 10.4 Å². The zero-order chi connectivity index (χ0) is 22.5. The van der Waals surface area contributed by atoms with Gasteiger partial charge in [0, 0.05) is 46.8 Å². The van der Waals surface area contributed by atoms with Gasteiger partial charge in [-0.25, -0.2) is 0 Å². The van der Waals surface area contributed by atoms with Gasteiger partial charge in [0.15, 0.2) is 0 Å². The summed E-state index contributed by atoms with van der Waals surface area (Å²) in [7, 11) is 0. The zero-order valence-electron chi connectivity index (χ0n) is 18.8. The molecule has 1 amide bonds. The number of carbonyl (C=O) groups excluding carboxylic acids is 1. The summed E-state index contributed by atoms with van der Waals surface area (Å²) in [5.41, 5.74) is 5.87. The molecule has 32 heavy (non-hydrogen) atoms. The van der Waals surface area contributed by atoms with Gasteiger partial charge in [0.2, 0.25) is 0 Å². The molecule has 1 fully saturated rings. The summed E-state index contributed by atoms with van der Waals surface area (Å²) in [6.45, 7) is 7.97. The van der Waals surface area contributed by atoms with E-state index in [1.54, 1.807) is 11.3 Å². The molecule has 0 aliphatic carbocycles. The smallest absolute Gasteiger partial charge is 0.252 e. The number of aryl methyl sites for hydroxylation is 1. The van der Waals surface area contributed by atoms with Gasteiger partial charge < -0.3 is 16.0 Å². The van der Waals surface area contributed by atoms with Crippen molar-refractivity contribution in [3.63, 3.8) is 0 Å². The third-order valence-electron chi connectivity index (χ3n) is 5.71. The molecule has 4 rings (SSSR count). The number of benzene rings is 2. The number of rotatable bonds is 6. The van der Waals surface area contributed by atoms with Crippen LogP contribution < -0.4 is 16.0 Å². The van der Waals surface area contributed by atoms with Gasteiger partial charge in [-0.2, -0.15) is 0 Å². The molecule has 1 saturated heterocycles. The summed E-state index contributed by atoms with van der Waals surface area (Å²) in [5, 5.41) is 12.0. The fourth-order valence-electron chi connectivity index (χ4n) is 3.70. The van der Waals surface area contributed by atoms with Crippen molar-refractivity contribution < 1.29 is 4.79 Å². The minimum Gasteiger partial charge on any atom is -0.380 e. The lowest BCUT2D eigenvalue weighted by molar-refractivity contribution is 0.0939. The van der Waals surface area contributed by atoms with Crippen LogP contribution in [0.2, 0.25) is 0 Å². The van der Waals surface area contributed by atoms with Gasteiger partial charge in [-0.3, -0.25) is 4.79 Å². The van der Waals surface area contributed by atoms with E-state index >= 15 is 0 Å². The first-order chi connectivity index (χ1) is 15.5. The largest absolute Gasteiger partial charge is 0.380 e. The molecule has 1 aromatic heterocycles. The van der Waals surface area contributed by atoms with Gasteiger partial charge in [-0.1, -0.05) is 37.0 Å². The first-order valence-electron chi connectivity index (χ1n) is 11.1. The molecular formula is C27H29N3OS. The second-order valence-corrected chi connectivity index (χ2v) is 9.11. The van der Waals surface area contributed by atoms with Crippen molar-refractivity contribution in [1.82, 2.24) is 10.6 Å². The van der Waals surface area contributed by atoms with Gasteiger partial charge in [0.1, 0.15) is 0 Å². The van der Waals surface area contributed by atoms with Gasteiger partial charge in [0.25, 0.3) is 5.91 Å². The standard InChI is InChI=1S/C27H29N3OS/c1-4-5-7-20-10-11-21(14-25(20)26-8-6-13-32-26)19(3)29-27(31)24-15-22(12-9-18(24)2)30-23-16-28-17-23/h6,8-15,19,23,28,30H,4,16-17H2,1-3H3,(H,29,31). The first-order valence-corrected chi connectivity index (χ1v) is 12.0. The van der Waals surface area contributed by atoms with Gasteiger partial charge in [-0.15, -0.1) is 11.3 Å². The molecule has 1 aliphatic rings. The van der Waals surface area contributed by atoms with E-state index in [-0.39, 0.29) is 11.9 Å². The normalized spacial score (nSPS) is 14.1. The van der Waals surface area contributed by atoms with E-state index in [2.05, 4.69) is 70.4 Å². The first kappa shape index (κ1) is 22.1. The lowest BCUT2D eigenvalue weighted by atomic mass is 9.98. The number of amides is 1. The third kappa shape index (κ3) is 5.04. The fourth-order valence-corrected chi connectivity index (χ4v) is 4.46. The Kier molecular flexibility index (Phi) is 6.94. The molecule has 0 saturated carbocycles. The van der Waals surface area contributed by atoms with Crippen molar-refractivity contribution in [1.29, 1.82) is 0 Å². The molecule has 1 aliphatic heterocycles. The SMILES string of the molecule is CCC#Cc1ccc(C(C)NC(=O)c2cc(NC3CNC3)ccc2C)cc1-c1cccs1. The second kappa shape index (κ2) is 10.0. The number of thiophene rings is 1. The van der Waals surface area contributed by atoms with Crippen LogP contribution in [0, 0.1) is 18.8 Å². The topological polar surface area (TPSA) is 53.2 Å². The Morgan fingerprint density at radius 2 is 2.06 bits per heavy atom. The van der Waals surface area contributed by atoms with E-state index in [9.17, 15) is 4.79 Å². The number of hydrogen-bond acceptors (Lipinski definition) is 4. The Morgan fingerprint density at radius 1 is 1.22 bits per heavy atom. The Balaban J connectivity index is 1.54. The highest BCUT2D eigenvalue weighted by molar-refractivity contribution is 7.13. The Labute approximate surface area is 194 Å². The summed E-state index contributed by atoms with van der Waals surface area (Å²) in [6, 6.07) is 16.8. The van der Waals surface area contributed by atoms with Crippen LogP contribution in [0.1, 0.15) is 53.4 Å². The van der Waals surface area contributed by atoms with Crippen molar-refractivity contribution in [2.45, 2.75) is 39.3 Å². The van der Waals surface area contributed by atoms with Crippen LogP contribution in [-0.2, 0) is 0 Å². The van der Waals surface area contributed by atoms with E-state index < -0.39 is 0 Å². The monoisotopic (exact) mass is 443 g/mol. The average Bonchev–Trinajstić information content (AvgIpc) is 3.30. The minimum absolute atomic E-state index is 0.0575. The summed E-state index contributed by atoms with van der Waals surface area (Å²) >= 11 is 1.70. The van der Waals surface area contributed by atoms with E-state index in [0.29, 0.717) is 11.6 Å². The number of anilines is 1. The highest BCUT2D eigenvalue weighted by Crippen LogP contribution is 2.30. The predicted molar refractivity (Wildman–Crippen MR) is 134 cm³/mol. The van der Waals surface area contributed by atoms with Crippen LogP contribution in [0.5, 0.6) is 0 Å². The van der Waals surface area contributed by atoms with Crippen LogP contribution in [0.15, 0.2) is 53.9 Å². The maximum Gasteiger partial charge on any atom is 0.252 e. The lowest BCUT2D eigenvalue weighted by Crippen LogP contribution is -2.51.